The SMILES string of the molecule is CC(=O)OC(C)(c1ccccc1)c1ccc(Cl)cc1. The standard InChI is InChI=1S/C16H15ClO2/c1-12(18)19-16(2,13-6-4-3-5-7-13)14-8-10-15(17)11-9-14/h3-11H,1-2H3. The van der Waals surface area contributed by atoms with Gasteiger partial charge in [0.2, 0.25) is 0 Å². The second-order valence-electron chi connectivity index (χ2n) is 4.50. The Labute approximate surface area is 118 Å². The maximum atomic E-state index is 11.4. The number of rotatable bonds is 3. The van der Waals surface area contributed by atoms with E-state index in [0.29, 0.717) is 5.02 Å². The molecule has 0 radical (unpaired) electrons. The monoisotopic (exact) mass is 274 g/mol. The minimum Gasteiger partial charge on any atom is -0.450 e. The maximum absolute atomic E-state index is 11.4. The molecule has 2 aromatic carbocycles. The van der Waals surface area contributed by atoms with E-state index in [2.05, 4.69) is 0 Å². The lowest BCUT2D eigenvalue weighted by Crippen LogP contribution is -2.29. The number of benzene rings is 2. The number of hydrogen-bond donors (Lipinski definition) is 0. The van der Waals surface area contributed by atoms with Gasteiger partial charge in [0.1, 0.15) is 0 Å². The van der Waals surface area contributed by atoms with E-state index < -0.39 is 5.60 Å². The van der Waals surface area contributed by atoms with Crippen LogP contribution in [0.2, 0.25) is 5.02 Å². The van der Waals surface area contributed by atoms with Gasteiger partial charge in [-0.05, 0) is 30.2 Å². The van der Waals surface area contributed by atoms with Crippen molar-refractivity contribution in [2.75, 3.05) is 0 Å². The molecule has 0 aliphatic heterocycles. The fourth-order valence-corrected chi connectivity index (χ4v) is 2.22. The molecule has 0 aromatic heterocycles. The molecule has 0 bridgehead atoms. The van der Waals surface area contributed by atoms with Crippen LogP contribution in [0.15, 0.2) is 54.6 Å². The predicted octanol–water partition coefficient (Wildman–Crippen LogP) is 4.17. The molecule has 0 aliphatic rings. The van der Waals surface area contributed by atoms with E-state index in [1.807, 2.05) is 49.4 Å². The fraction of sp³-hybridized carbons (Fsp3) is 0.188. The predicted molar refractivity (Wildman–Crippen MR) is 76.1 cm³/mol. The number of ether oxygens (including phenoxy) is 1. The number of esters is 1. The van der Waals surface area contributed by atoms with Crippen molar-refractivity contribution in [3.63, 3.8) is 0 Å². The topological polar surface area (TPSA) is 26.3 Å². The zero-order chi connectivity index (χ0) is 13.9. The lowest BCUT2D eigenvalue weighted by Gasteiger charge is -2.30. The number of carbonyl (C=O) groups is 1. The highest BCUT2D eigenvalue weighted by atomic mass is 35.5. The first-order valence-corrected chi connectivity index (χ1v) is 6.41. The Bertz CT molecular complexity index is 563. The van der Waals surface area contributed by atoms with Gasteiger partial charge >= 0.3 is 5.97 Å². The van der Waals surface area contributed by atoms with Crippen LogP contribution in [0, 0.1) is 0 Å². The second-order valence-corrected chi connectivity index (χ2v) is 4.94. The Balaban J connectivity index is 2.51. The quantitative estimate of drug-likeness (QED) is 0.786. The summed E-state index contributed by atoms with van der Waals surface area (Å²) in [5.74, 6) is -0.318. The van der Waals surface area contributed by atoms with Gasteiger partial charge in [-0.1, -0.05) is 54.1 Å². The molecule has 0 N–H and O–H groups in total. The molecule has 2 rings (SSSR count). The average molecular weight is 275 g/mol. The summed E-state index contributed by atoms with van der Waals surface area (Å²) in [7, 11) is 0. The van der Waals surface area contributed by atoms with Crippen LogP contribution in [0.3, 0.4) is 0 Å². The van der Waals surface area contributed by atoms with Gasteiger partial charge in [-0.3, -0.25) is 4.79 Å². The van der Waals surface area contributed by atoms with Crippen molar-refractivity contribution in [1.29, 1.82) is 0 Å². The van der Waals surface area contributed by atoms with Crippen LogP contribution in [0.25, 0.3) is 0 Å². The van der Waals surface area contributed by atoms with E-state index in [9.17, 15) is 4.79 Å². The van der Waals surface area contributed by atoms with E-state index in [1.165, 1.54) is 6.92 Å². The van der Waals surface area contributed by atoms with Crippen LogP contribution in [0.1, 0.15) is 25.0 Å². The summed E-state index contributed by atoms with van der Waals surface area (Å²) in [6.07, 6.45) is 0. The molecule has 0 amide bonds. The summed E-state index contributed by atoms with van der Waals surface area (Å²) in [5, 5.41) is 0.655. The summed E-state index contributed by atoms with van der Waals surface area (Å²) in [6.45, 7) is 3.30. The zero-order valence-electron chi connectivity index (χ0n) is 10.9. The van der Waals surface area contributed by atoms with Gasteiger partial charge in [-0.25, -0.2) is 0 Å². The second kappa shape index (κ2) is 5.45. The molecule has 0 heterocycles. The van der Waals surface area contributed by atoms with E-state index >= 15 is 0 Å². The van der Waals surface area contributed by atoms with Crippen molar-refractivity contribution in [1.82, 2.24) is 0 Å². The van der Waals surface area contributed by atoms with Gasteiger partial charge in [-0.15, -0.1) is 0 Å². The van der Waals surface area contributed by atoms with Crippen molar-refractivity contribution in [3.8, 4) is 0 Å². The van der Waals surface area contributed by atoms with Crippen LogP contribution >= 0.6 is 11.6 Å². The highest BCUT2D eigenvalue weighted by molar-refractivity contribution is 6.30. The molecule has 19 heavy (non-hydrogen) atoms. The normalized spacial score (nSPS) is 13.6. The van der Waals surface area contributed by atoms with Crippen LogP contribution in [0.4, 0.5) is 0 Å². The summed E-state index contributed by atoms with van der Waals surface area (Å²) < 4.78 is 5.57. The Hall–Kier alpha value is -1.80. The Morgan fingerprint density at radius 3 is 2.05 bits per heavy atom. The third-order valence-corrected chi connectivity index (χ3v) is 3.32. The van der Waals surface area contributed by atoms with Crippen LogP contribution < -0.4 is 0 Å². The highest BCUT2D eigenvalue weighted by Crippen LogP contribution is 2.33. The van der Waals surface area contributed by atoms with Crippen molar-refractivity contribution in [2.45, 2.75) is 19.4 Å². The molecular formula is C16H15ClO2. The smallest absolute Gasteiger partial charge is 0.303 e. The minimum atomic E-state index is -0.808. The first kappa shape index (κ1) is 13.6. The molecular weight excluding hydrogens is 260 g/mol. The van der Waals surface area contributed by atoms with Crippen LogP contribution in [0.5, 0.6) is 0 Å². The molecule has 0 saturated carbocycles. The molecule has 0 spiro atoms. The summed E-state index contributed by atoms with van der Waals surface area (Å²) in [6, 6.07) is 17.0. The maximum Gasteiger partial charge on any atom is 0.303 e. The molecule has 1 atom stereocenters. The Kier molecular flexibility index (Phi) is 3.91. The van der Waals surface area contributed by atoms with Gasteiger partial charge in [0.25, 0.3) is 0 Å². The lowest BCUT2D eigenvalue weighted by atomic mass is 9.88. The third kappa shape index (κ3) is 2.96. The van der Waals surface area contributed by atoms with Gasteiger partial charge in [0.05, 0.1) is 0 Å². The van der Waals surface area contributed by atoms with Crippen molar-refractivity contribution in [3.05, 3.63) is 70.7 Å². The molecule has 0 saturated heterocycles. The van der Waals surface area contributed by atoms with Gasteiger partial charge in [0, 0.05) is 11.9 Å². The van der Waals surface area contributed by atoms with Crippen LogP contribution in [-0.4, -0.2) is 5.97 Å². The van der Waals surface area contributed by atoms with Crippen molar-refractivity contribution < 1.29 is 9.53 Å². The van der Waals surface area contributed by atoms with Gasteiger partial charge in [-0.2, -0.15) is 0 Å². The van der Waals surface area contributed by atoms with E-state index in [4.69, 9.17) is 16.3 Å². The summed E-state index contributed by atoms with van der Waals surface area (Å²) in [5.41, 5.74) is 1.00. The molecule has 98 valence electrons. The number of hydrogen-bond acceptors (Lipinski definition) is 2. The number of halogens is 1. The first-order chi connectivity index (χ1) is 9.02. The molecule has 3 heteroatoms. The van der Waals surface area contributed by atoms with E-state index in [-0.39, 0.29) is 5.97 Å². The average Bonchev–Trinajstić information content (AvgIpc) is 2.39. The third-order valence-electron chi connectivity index (χ3n) is 3.07. The molecule has 2 nitrogen and oxygen atoms in total. The van der Waals surface area contributed by atoms with E-state index in [0.717, 1.165) is 11.1 Å². The van der Waals surface area contributed by atoms with E-state index in [1.54, 1.807) is 12.1 Å². The lowest BCUT2D eigenvalue weighted by molar-refractivity contribution is -0.152. The Morgan fingerprint density at radius 2 is 1.53 bits per heavy atom. The molecule has 2 aromatic rings. The molecule has 1 unspecified atom stereocenters. The van der Waals surface area contributed by atoms with Gasteiger partial charge < -0.3 is 4.74 Å². The molecule has 0 aliphatic carbocycles. The summed E-state index contributed by atoms with van der Waals surface area (Å²) in [4.78, 5) is 11.4. The first-order valence-electron chi connectivity index (χ1n) is 6.03. The zero-order valence-corrected chi connectivity index (χ0v) is 11.6. The number of carbonyl (C=O) groups excluding carboxylic acids is 1. The Morgan fingerprint density at radius 1 is 1.00 bits per heavy atom. The summed E-state index contributed by atoms with van der Waals surface area (Å²) >= 11 is 5.91. The minimum absolute atomic E-state index is 0.318. The largest absolute Gasteiger partial charge is 0.450 e. The van der Waals surface area contributed by atoms with Crippen molar-refractivity contribution in [2.24, 2.45) is 0 Å². The van der Waals surface area contributed by atoms with Gasteiger partial charge in [0.15, 0.2) is 5.60 Å². The fourth-order valence-electron chi connectivity index (χ4n) is 2.10. The van der Waals surface area contributed by atoms with Crippen molar-refractivity contribution >= 4 is 17.6 Å². The molecule has 0 fully saturated rings. The van der Waals surface area contributed by atoms with Crippen LogP contribution in [-0.2, 0) is 15.1 Å². The highest BCUT2D eigenvalue weighted by Gasteiger charge is 2.32.